The third kappa shape index (κ3) is 5.18. The third-order valence-electron chi connectivity index (χ3n) is 11.4. The van der Waals surface area contributed by atoms with Gasteiger partial charge in [-0.3, -0.25) is 0 Å². The Morgan fingerprint density at radius 1 is 0.375 bits per heavy atom. The Labute approximate surface area is 332 Å². The van der Waals surface area contributed by atoms with Crippen LogP contribution in [0.2, 0.25) is 0 Å². The quantitative estimate of drug-likeness (QED) is 0.163. The maximum atomic E-state index is 6.93. The van der Waals surface area contributed by atoms with E-state index in [0.29, 0.717) is 0 Å². The van der Waals surface area contributed by atoms with Gasteiger partial charge in [0.2, 0.25) is 0 Å². The molecule has 2 heterocycles. The van der Waals surface area contributed by atoms with Gasteiger partial charge in [0.15, 0.2) is 8.07 Å². The summed E-state index contributed by atoms with van der Waals surface area (Å²) in [4.78, 5) is 5.06. The van der Waals surface area contributed by atoms with Crippen molar-refractivity contribution in [1.29, 1.82) is 0 Å². The Kier molecular flexibility index (Phi) is 7.80. The Hall–Kier alpha value is -6.59. The van der Waals surface area contributed by atoms with E-state index in [4.69, 9.17) is 4.74 Å². The number of nitrogens with zero attached hydrogens (tertiary/aromatic N) is 1. The summed E-state index contributed by atoms with van der Waals surface area (Å²) >= 11 is 1.89. The molecule has 0 atom stereocenters. The summed E-state index contributed by atoms with van der Waals surface area (Å²) in [5.74, 6) is 1.90. The highest BCUT2D eigenvalue weighted by molar-refractivity contribution is 8.00. The van der Waals surface area contributed by atoms with Gasteiger partial charge in [0.05, 0.1) is 5.69 Å². The van der Waals surface area contributed by atoms with Gasteiger partial charge in [-0.1, -0.05) is 169 Å². The van der Waals surface area contributed by atoms with Crippen molar-refractivity contribution >= 4 is 68.4 Å². The second kappa shape index (κ2) is 13.3. The molecule has 0 saturated carbocycles. The van der Waals surface area contributed by atoms with Crippen molar-refractivity contribution in [2.24, 2.45) is 0 Å². The summed E-state index contributed by atoms with van der Waals surface area (Å²) in [5, 5.41) is 7.88. The van der Waals surface area contributed by atoms with E-state index >= 15 is 0 Å². The largest absolute Gasteiger partial charge is 0.458 e. The third-order valence-corrected chi connectivity index (χ3v) is 17.8. The number of anilines is 3. The summed E-state index contributed by atoms with van der Waals surface area (Å²) in [7, 11) is -2.70. The lowest BCUT2D eigenvalue weighted by Gasteiger charge is -2.43. The van der Waals surface area contributed by atoms with Crippen molar-refractivity contribution in [3.05, 3.63) is 212 Å². The smallest absolute Gasteiger partial charge is 0.190 e. The van der Waals surface area contributed by atoms with Gasteiger partial charge in [0.1, 0.15) is 11.5 Å². The van der Waals surface area contributed by atoms with Crippen LogP contribution >= 0.6 is 11.8 Å². The van der Waals surface area contributed by atoms with Crippen molar-refractivity contribution in [1.82, 2.24) is 0 Å². The van der Waals surface area contributed by atoms with Crippen molar-refractivity contribution in [2.75, 3.05) is 4.90 Å². The fourth-order valence-corrected chi connectivity index (χ4v) is 16.0. The van der Waals surface area contributed by atoms with E-state index in [2.05, 4.69) is 217 Å². The van der Waals surface area contributed by atoms with Gasteiger partial charge in [-0.15, -0.1) is 0 Å². The van der Waals surface area contributed by atoms with Crippen LogP contribution in [0.4, 0.5) is 17.1 Å². The molecule has 0 unspecified atom stereocenters. The average molecular weight is 750 g/mol. The van der Waals surface area contributed by atoms with Crippen LogP contribution in [-0.2, 0) is 0 Å². The molecule has 9 aromatic rings. The van der Waals surface area contributed by atoms with Gasteiger partial charge in [-0.25, -0.2) is 0 Å². The molecule has 0 radical (unpaired) electrons. The first-order chi connectivity index (χ1) is 27.8. The molecule has 0 bridgehead atoms. The number of ether oxygens (including phenoxy) is 1. The second-order valence-corrected chi connectivity index (χ2v) is 19.2. The maximum absolute atomic E-state index is 6.93. The fraction of sp³-hybridized carbons (Fsp3) is 0. The van der Waals surface area contributed by atoms with Crippen LogP contribution in [0.3, 0.4) is 0 Å². The molecule has 2 nitrogen and oxygen atoms in total. The number of hydrogen-bond acceptors (Lipinski definition) is 3. The topological polar surface area (TPSA) is 12.5 Å². The first-order valence-corrected chi connectivity index (χ1v) is 21.9. The van der Waals surface area contributed by atoms with Gasteiger partial charge in [-0.2, -0.15) is 0 Å². The molecule has 2 aliphatic heterocycles. The lowest BCUT2D eigenvalue weighted by atomic mass is 10.0. The minimum absolute atomic E-state index is 0.942. The van der Waals surface area contributed by atoms with E-state index in [9.17, 15) is 0 Å². The van der Waals surface area contributed by atoms with Crippen molar-refractivity contribution in [3.63, 3.8) is 0 Å². The van der Waals surface area contributed by atoms with Gasteiger partial charge in [0, 0.05) is 26.6 Å². The summed E-state index contributed by atoms with van der Waals surface area (Å²) in [6, 6.07) is 77.4. The summed E-state index contributed by atoms with van der Waals surface area (Å²) in [6.45, 7) is 0. The van der Waals surface area contributed by atoms with E-state index in [0.717, 1.165) is 39.7 Å². The summed E-state index contributed by atoms with van der Waals surface area (Å²) < 4.78 is 6.93. The van der Waals surface area contributed by atoms with Gasteiger partial charge >= 0.3 is 0 Å². The van der Waals surface area contributed by atoms with Crippen LogP contribution < -0.4 is 30.4 Å². The Bertz CT molecular complexity index is 2870. The molecule has 0 N–H and O–H groups in total. The molecular weight excluding hydrogens is 715 g/mol. The van der Waals surface area contributed by atoms with Crippen LogP contribution in [0, 0.1) is 0 Å². The first-order valence-electron chi connectivity index (χ1n) is 19.1. The Morgan fingerprint density at radius 2 is 0.946 bits per heavy atom. The highest BCUT2D eigenvalue weighted by Crippen LogP contribution is 2.42. The standard InChI is InChI=1S/C52H35NOSSi/c1-2-14-36(15-3-1)37-28-31-41(32-29-37)53(44-21-13-17-38-16-4-5-20-43(38)44)42-19-12-18-39(34-42)40-30-33-50-46(35-40)54-45-22-6-9-25-49(45)56(50)51-26-10-7-23-47(51)55-48-24-8-11-27-52(48)56/h1-35H. The van der Waals surface area contributed by atoms with E-state index in [-0.39, 0.29) is 0 Å². The lowest BCUT2D eigenvalue weighted by Crippen LogP contribution is -2.77. The molecule has 1 spiro atoms. The molecular formula is C52H35NOSSi. The minimum atomic E-state index is -2.70. The minimum Gasteiger partial charge on any atom is -0.458 e. The fourth-order valence-electron chi connectivity index (χ4n) is 8.89. The summed E-state index contributed by atoms with van der Waals surface area (Å²) in [6.07, 6.45) is 0. The molecule has 0 aliphatic carbocycles. The first kappa shape index (κ1) is 32.8. The predicted octanol–water partition coefficient (Wildman–Crippen LogP) is 11.6. The van der Waals surface area contributed by atoms with Gasteiger partial charge < -0.3 is 9.64 Å². The number of para-hydroxylation sites is 1. The number of rotatable bonds is 5. The average Bonchev–Trinajstić information content (AvgIpc) is 3.27. The van der Waals surface area contributed by atoms with Crippen LogP contribution in [0.1, 0.15) is 0 Å². The zero-order chi connectivity index (χ0) is 37.1. The Balaban J connectivity index is 1.07. The number of hydrogen-bond donors (Lipinski definition) is 0. The van der Waals surface area contributed by atoms with Gasteiger partial charge in [-0.05, 0) is 103 Å². The van der Waals surface area contributed by atoms with Crippen LogP contribution in [0.5, 0.6) is 11.5 Å². The zero-order valence-electron chi connectivity index (χ0n) is 30.5. The molecule has 11 rings (SSSR count). The molecule has 4 heteroatoms. The van der Waals surface area contributed by atoms with Crippen LogP contribution in [0.25, 0.3) is 33.0 Å². The molecule has 0 aromatic heterocycles. The monoisotopic (exact) mass is 749 g/mol. The number of benzene rings is 9. The predicted molar refractivity (Wildman–Crippen MR) is 237 cm³/mol. The second-order valence-electron chi connectivity index (χ2n) is 14.5. The molecule has 56 heavy (non-hydrogen) atoms. The molecule has 2 aliphatic rings. The molecule has 0 fully saturated rings. The maximum Gasteiger partial charge on any atom is 0.190 e. The van der Waals surface area contributed by atoms with E-state index in [1.807, 2.05) is 11.8 Å². The van der Waals surface area contributed by atoms with Crippen molar-refractivity contribution < 1.29 is 4.74 Å². The van der Waals surface area contributed by atoms with Crippen molar-refractivity contribution in [3.8, 4) is 33.8 Å². The molecule has 264 valence electrons. The van der Waals surface area contributed by atoms with Crippen molar-refractivity contribution in [2.45, 2.75) is 9.79 Å². The van der Waals surface area contributed by atoms with Crippen LogP contribution in [-0.4, -0.2) is 8.07 Å². The van der Waals surface area contributed by atoms with Gasteiger partial charge in [0.25, 0.3) is 0 Å². The van der Waals surface area contributed by atoms with E-state index in [1.54, 1.807) is 0 Å². The molecule has 0 amide bonds. The van der Waals surface area contributed by atoms with E-state index < -0.39 is 8.07 Å². The normalized spacial score (nSPS) is 13.2. The highest BCUT2D eigenvalue weighted by Gasteiger charge is 2.51. The molecule has 0 saturated heterocycles. The van der Waals surface area contributed by atoms with Crippen LogP contribution in [0.15, 0.2) is 222 Å². The van der Waals surface area contributed by atoms with E-state index in [1.165, 1.54) is 52.4 Å². The number of fused-ring (bicyclic) bond motifs is 9. The highest BCUT2D eigenvalue weighted by atomic mass is 32.2. The Morgan fingerprint density at radius 3 is 1.75 bits per heavy atom. The lowest BCUT2D eigenvalue weighted by molar-refractivity contribution is 0.487. The molecule has 9 aromatic carbocycles. The zero-order valence-corrected chi connectivity index (χ0v) is 32.3. The summed E-state index contributed by atoms with van der Waals surface area (Å²) in [5.41, 5.74) is 7.99. The SMILES string of the molecule is c1ccc(-c2ccc(N(c3cccc(-c4ccc5c(c4)Oc4ccccc4[Si]54c5ccccc5Sc5ccccc54)c3)c3cccc4ccccc34)cc2)cc1.